The number of hydrogen-bond donors (Lipinski definition) is 2. The minimum Gasteiger partial charge on any atom is -0.383 e. The number of sulfone groups is 1. The van der Waals surface area contributed by atoms with Crippen molar-refractivity contribution in [2.45, 2.75) is 47.5 Å². The molecule has 1 aliphatic carbocycles. The zero-order valence-electron chi connectivity index (χ0n) is 14.1. The Labute approximate surface area is 151 Å². The number of benzene rings is 2. The molecule has 26 heavy (non-hydrogen) atoms. The summed E-state index contributed by atoms with van der Waals surface area (Å²) in [4.78, 5) is 11.1. The van der Waals surface area contributed by atoms with E-state index < -0.39 is 27.7 Å². The maximum absolute atomic E-state index is 13.4. The van der Waals surface area contributed by atoms with Crippen molar-refractivity contribution in [2.24, 2.45) is 5.73 Å². The summed E-state index contributed by atoms with van der Waals surface area (Å²) < 4.78 is 38.9. The second-order valence-corrected chi connectivity index (χ2v) is 8.51. The zero-order chi connectivity index (χ0) is 18.9. The lowest BCUT2D eigenvalue weighted by Gasteiger charge is -2.27. The highest BCUT2D eigenvalue weighted by atomic mass is 32.2. The summed E-state index contributed by atoms with van der Waals surface area (Å²) in [5.74, 6) is -1.42. The number of halogens is 1. The van der Waals surface area contributed by atoms with E-state index in [4.69, 9.17) is 5.73 Å². The van der Waals surface area contributed by atoms with Crippen molar-refractivity contribution in [1.29, 1.82) is 0 Å². The highest BCUT2D eigenvalue weighted by Crippen LogP contribution is 2.36. The van der Waals surface area contributed by atoms with E-state index in [0.29, 0.717) is 6.42 Å². The molecule has 2 aromatic rings. The number of nitrogens with two attached hydrogens (primary N) is 1. The van der Waals surface area contributed by atoms with Gasteiger partial charge in [0, 0.05) is 0 Å². The Morgan fingerprint density at radius 1 is 1.23 bits per heavy atom. The fraction of sp³-hybridized carbons (Fsp3) is 0.316. The normalized spacial score (nSPS) is 18.2. The first-order chi connectivity index (χ1) is 12.3. The van der Waals surface area contributed by atoms with Crippen LogP contribution in [0.5, 0.6) is 0 Å². The van der Waals surface area contributed by atoms with E-state index in [9.17, 15) is 22.7 Å². The Kier molecular flexibility index (Phi) is 5.11. The van der Waals surface area contributed by atoms with Crippen molar-refractivity contribution in [3.8, 4) is 0 Å². The first-order valence-corrected chi connectivity index (χ1v) is 9.88. The van der Waals surface area contributed by atoms with Crippen molar-refractivity contribution in [3.63, 3.8) is 0 Å². The van der Waals surface area contributed by atoms with Crippen LogP contribution in [-0.4, -0.2) is 25.5 Å². The molecule has 0 aromatic heterocycles. The standard InChI is InChI=1S/C19H20FNO4S/c20-14-5-2-6-15(11-14)26(24,25)16-7-8-17-12(9-16)3-1-4-13(17)10-18(22)19(21)23/h2,5-9,11,13,18,22H,1,3-4,10H2,(H2,21,23)/t13-,18?/m1/s1. The topological polar surface area (TPSA) is 97.5 Å². The molecule has 0 radical (unpaired) electrons. The molecule has 0 aliphatic heterocycles. The lowest BCUT2D eigenvalue weighted by molar-refractivity contribution is -0.126. The lowest BCUT2D eigenvalue weighted by Crippen LogP contribution is -2.30. The summed E-state index contributed by atoms with van der Waals surface area (Å²) in [6.45, 7) is 0. The number of rotatable bonds is 5. The molecular formula is C19H20FNO4S. The molecule has 1 aliphatic rings. The van der Waals surface area contributed by atoms with E-state index in [-0.39, 0.29) is 22.1 Å². The molecule has 0 heterocycles. The third-order valence-corrected chi connectivity index (χ3v) is 6.55. The van der Waals surface area contributed by atoms with Crippen LogP contribution in [0.15, 0.2) is 52.3 Å². The van der Waals surface area contributed by atoms with Crippen LogP contribution in [0.1, 0.15) is 36.3 Å². The van der Waals surface area contributed by atoms with E-state index in [1.165, 1.54) is 24.3 Å². The van der Waals surface area contributed by atoms with Crippen LogP contribution in [-0.2, 0) is 21.1 Å². The minimum absolute atomic E-state index is 0.0489. The summed E-state index contributed by atoms with van der Waals surface area (Å²) in [6, 6.07) is 9.75. The summed E-state index contributed by atoms with van der Waals surface area (Å²) in [5, 5.41) is 9.76. The predicted octanol–water partition coefficient (Wildman–Crippen LogP) is 2.31. The third-order valence-electron chi connectivity index (χ3n) is 4.81. The van der Waals surface area contributed by atoms with E-state index in [1.54, 1.807) is 12.1 Å². The number of aryl methyl sites for hydroxylation is 1. The first kappa shape index (κ1) is 18.5. The number of primary amides is 1. The van der Waals surface area contributed by atoms with Gasteiger partial charge in [0.25, 0.3) is 0 Å². The van der Waals surface area contributed by atoms with Crippen molar-refractivity contribution < 1.29 is 22.7 Å². The average molecular weight is 377 g/mol. The van der Waals surface area contributed by atoms with E-state index in [2.05, 4.69) is 0 Å². The van der Waals surface area contributed by atoms with Crippen LogP contribution in [0.25, 0.3) is 0 Å². The van der Waals surface area contributed by atoms with E-state index >= 15 is 0 Å². The summed E-state index contributed by atoms with van der Waals surface area (Å²) >= 11 is 0. The van der Waals surface area contributed by atoms with Gasteiger partial charge in [-0.15, -0.1) is 0 Å². The number of amides is 1. The average Bonchev–Trinajstić information content (AvgIpc) is 2.61. The van der Waals surface area contributed by atoms with Gasteiger partial charge in [-0.05, 0) is 73.1 Å². The highest BCUT2D eigenvalue weighted by Gasteiger charge is 2.27. The van der Waals surface area contributed by atoms with Crippen molar-refractivity contribution in [1.82, 2.24) is 0 Å². The molecule has 3 N–H and O–H groups in total. The number of hydrogen-bond acceptors (Lipinski definition) is 4. The molecule has 0 saturated carbocycles. The van der Waals surface area contributed by atoms with Crippen molar-refractivity contribution in [3.05, 3.63) is 59.4 Å². The summed E-state index contributed by atoms with van der Waals surface area (Å²) in [6.07, 6.45) is 1.34. The lowest BCUT2D eigenvalue weighted by atomic mass is 9.80. The molecule has 0 spiro atoms. The van der Waals surface area contributed by atoms with Gasteiger partial charge < -0.3 is 10.8 Å². The van der Waals surface area contributed by atoms with Gasteiger partial charge in [0.2, 0.25) is 15.7 Å². The smallest absolute Gasteiger partial charge is 0.246 e. The molecule has 138 valence electrons. The Bertz CT molecular complexity index is 942. The maximum Gasteiger partial charge on any atom is 0.246 e. The second-order valence-electron chi connectivity index (χ2n) is 6.56. The van der Waals surface area contributed by atoms with Crippen molar-refractivity contribution >= 4 is 15.7 Å². The summed E-state index contributed by atoms with van der Waals surface area (Å²) in [5.41, 5.74) is 6.93. The molecule has 7 heteroatoms. The molecule has 2 aromatic carbocycles. The van der Waals surface area contributed by atoms with Gasteiger partial charge in [-0.25, -0.2) is 12.8 Å². The molecule has 0 saturated heterocycles. The van der Waals surface area contributed by atoms with Crippen LogP contribution in [0.3, 0.4) is 0 Å². The van der Waals surface area contributed by atoms with Gasteiger partial charge in [-0.1, -0.05) is 12.1 Å². The largest absolute Gasteiger partial charge is 0.383 e. The molecule has 5 nitrogen and oxygen atoms in total. The van der Waals surface area contributed by atoms with Gasteiger partial charge in [0.05, 0.1) is 9.79 Å². The SMILES string of the molecule is NC(=O)C(O)C[C@H]1CCCc2cc(S(=O)(=O)c3cccc(F)c3)ccc21. The quantitative estimate of drug-likeness (QED) is 0.835. The van der Waals surface area contributed by atoms with Crippen LogP contribution in [0, 0.1) is 5.82 Å². The fourth-order valence-corrected chi connectivity index (χ4v) is 4.80. The fourth-order valence-electron chi connectivity index (χ4n) is 3.46. The molecule has 1 unspecified atom stereocenters. The van der Waals surface area contributed by atoms with Gasteiger partial charge in [-0.2, -0.15) is 0 Å². The number of aliphatic hydroxyl groups is 1. The minimum atomic E-state index is -3.81. The Morgan fingerprint density at radius 2 is 1.96 bits per heavy atom. The van der Waals surface area contributed by atoms with Crippen LogP contribution < -0.4 is 5.73 Å². The molecule has 2 atom stereocenters. The molecular weight excluding hydrogens is 357 g/mol. The van der Waals surface area contributed by atoms with Crippen LogP contribution >= 0.6 is 0 Å². The second kappa shape index (κ2) is 7.17. The monoisotopic (exact) mass is 377 g/mol. The summed E-state index contributed by atoms with van der Waals surface area (Å²) in [7, 11) is -3.81. The van der Waals surface area contributed by atoms with Gasteiger partial charge in [0.1, 0.15) is 11.9 Å². The molecule has 1 amide bonds. The number of fused-ring (bicyclic) bond motifs is 1. The molecule has 0 fully saturated rings. The maximum atomic E-state index is 13.4. The van der Waals surface area contributed by atoms with Gasteiger partial charge in [0.15, 0.2) is 0 Å². The number of carbonyl (C=O) groups is 1. The highest BCUT2D eigenvalue weighted by molar-refractivity contribution is 7.91. The molecule has 0 bridgehead atoms. The number of aliphatic hydroxyl groups excluding tert-OH is 1. The number of carbonyl (C=O) groups excluding carboxylic acids is 1. The van der Waals surface area contributed by atoms with Gasteiger partial charge in [-0.3, -0.25) is 4.79 Å². The van der Waals surface area contributed by atoms with E-state index in [0.717, 1.165) is 30.0 Å². The predicted molar refractivity (Wildman–Crippen MR) is 93.8 cm³/mol. The third kappa shape index (κ3) is 3.64. The van der Waals surface area contributed by atoms with Crippen LogP contribution in [0.4, 0.5) is 4.39 Å². The van der Waals surface area contributed by atoms with Crippen molar-refractivity contribution in [2.75, 3.05) is 0 Å². The Morgan fingerprint density at radius 3 is 2.65 bits per heavy atom. The van der Waals surface area contributed by atoms with E-state index in [1.807, 2.05) is 0 Å². The molecule has 3 rings (SSSR count). The van der Waals surface area contributed by atoms with Gasteiger partial charge >= 0.3 is 0 Å². The Balaban J connectivity index is 1.95. The zero-order valence-corrected chi connectivity index (χ0v) is 14.9. The van der Waals surface area contributed by atoms with Crippen LogP contribution in [0.2, 0.25) is 0 Å². The Hall–Kier alpha value is -2.25. The first-order valence-electron chi connectivity index (χ1n) is 8.40.